The zero-order valence-corrected chi connectivity index (χ0v) is 19.0. The molecule has 1 atom stereocenters. The molecule has 0 spiro atoms. The van der Waals surface area contributed by atoms with E-state index in [1.807, 2.05) is 6.92 Å². The van der Waals surface area contributed by atoms with E-state index < -0.39 is 28.3 Å². The number of amides is 1. The fourth-order valence-electron chi connectivity index (χ4n) is 2.61. The first-order valence-electron chi connectivity index (χ1n) is 10.2. The molecule has 1 heterocycles. The predicted molar refractivity (Wildman–Crippen MR) is 114 cm³/mol. The number of hydrogen-bond acceptors (Lipinski definition) is 9. The van der Waals surface area contributed by atoms with Crippen LogP contribution in [-0.4, -0.2) is 55.3 Å². The normalized spacial score (nSPS) is 13.7. The van der Waals surface area contributed by atoms with Crippen molar-refractivity contribution < 1.29 is 24.5 Å². The Kier molecular flexibility index (Phi) is 9.85. The zero-order valence-electron chi connectivity index (χ0n) is 19.0. The number of rotatable bonds is 12. The molecule has 31 heavy (non-hydrogen) atoms. The lowest BCUT2D eigenvalue weighted by Crippen LogP contribution is -2.50. The Morgan fingerprint density at radius 3 is 2.61 bits per heavy atom. The summed E-state index contributed by atoms with van der Waals surface area (Å²) in [6.07, 6.45) is 3.76. The lowest BCUT2D eigenvalue weighted by atomic mass is 9.95. The molecule has 0 aromatic carbocycles. The minimum atomic E-state index is -0.811. The second kappa shape index (κ2) is 11.6. The molecule has 0 saturated heterocycles. The number of hydroxylamine groups is 1. The summed E-state index contributed by atoms with van der Waals surface area (Å²) in [5.41, 5.74) is 1.89. The summed E-state index contributed by atoms with van der Waals surface area (Å²) < 4.78 is 6.54. The Balaban J connectivity index is 2.89. The van der Waals surface area contributed by atoms with Crippen molar-refractivity contribution in [3.05, 3.63) is 22.5 Å². The number of nitro groups is 1. The van der Waals surface area contributed by atoms with Gasteiger partial charge >= 0.3 is 12.0 Å². The molecule has 0 radical (unpaired) electrons. The molecule has 0 fully saturated rings. The van der Waals surface area contributed by atoms with Crippen LogP contribution in [0.25, 0.3) is 0 Å². The van der Waals surface area contributed by atoms with E-state index >= 15 is 0 Å². The van der Waals surface area contributed by atoms with Gasteiger partial charge in [-0.1, -0.05) is 23.5 Å². The SMILES string of the molecule is CCCC/C(=N\O)C(C)(C)NOC(CNC(=O)OC(C)(C)C)Cn1ccnc1[N+](=O)[O-]. The molecule has 1 unspecified atom stereocenters. The minimum Gasteiger partial charge on any atom is -0.444 e. The van der Waals surface area contributed by atoms with E-state index in [2.05, 4.69) is 20.9 Å². The van der Waals surface area contributed by atoms with Crippen molar-refractivity contribution in [3.63, 3.8) is 0 Å². The molecule has 0 aliphatic carbocycles. The fourth-order valence-corrected chi connectivity index (χ4v) is 2.61. The zero-order chi connectivity index (χ0) is 23.7. The monoisotopic (exact) mass is 442 g/mol. The molecule has 0 saturated carbocycles. The van der Waals surface area contributed by atoms with Gasteiger partial charge in [-0.05, 0) is 52.4 Å². The molecule has 0 bridgehead atoms. The average molecular weight is 443 g/mol. The van der Waals surface area contributed by atoms with E-state index in [0.29, 0.717) is 12.1 Å². The van der Waals surface area contributed by atoms with E-state index in [1.54, 1.807) is 34.6 Å². The van der Waals surface area contributed by atoms with E-state index in [4.69, 9.17) is 9.57 Å². The largest absolute Gasteiger partial charge is 0.444 e. The number of oxime groups is 1. The maximum absolute atomic E-state index is 12.0. The molecule has 0 aliphatic heterocycles. The minimum absolute atomic E-state index is 0.00783. The highest BCUT2D eigenvalue weighted by Gasteiger charge is 2.29. The number of ether oxygens (including phenoxy) is 1. The number of carbonyl (C=O) groups is 1. The lowest BCUT2D eigenvalue weighted by Gasteiger charge is -2.29. The maximum atomic E-state index is 12.0. The molecule has 12 heteroatoms. The Morgan fingerprint density at radius 2 is 2.06 bits per heavy atom. The van der Waals surface area contributed by atoms with E-state index in [9.17, 15) is 20.1 Å². The highest BCUT2D eigenvalue weighted by atomic mass is 16.7. The number of hydrogen-bond donors (Lipinski definition) is 3. The van der Waals surface area contributed by atoms with Crippen LogP contribution in [0, 0.1) is 10.1 Å². The lowest BCUT2D eigenvalue weighted by molar-refractivity contribution is -0.397. The average Bonchev–Trinajstić information content (AvgIpc) is 3.11. The van der Waals surface area contributed by atoms with Gasteiger partial charge in [0.05, 0.1) is 17.8 Å². The van der Waals surface area contributed by atoms with Gasteiger partial charge in [-0.2, -0.15) is 5.48 Å². The summed E-state index contributed by atoms with van der Waals surface area (Å²) in [6.45, 7) is 10.9. The number of imidazole rings is 1. The van der Waals surface area contributed by atoms with Crippen molar-refractivity contribution in [1.82, 2.24) is 20.3 Å². The number of alkyl carbamates (subject to hydrolysis) is 1. The Labute approximate surface area is 182 Å². The van der Waals surface area contributed by atoms with Crippen molar-refractivity contribution in [1.29, 1.82) is 0 Å². The number of nitrogens with one attached hydrogen (secondary N) is 2. The number of nitrogens with zero attached hydrogens (tertiary/aromatic N) is 4. The van der Waals surface area contributed by atoms with E-state index in [0.717, 1.165) is 12.8 Å². The van der Waals surface area contributed by atoms with Crippen molar-refractivity contribution in [3.8, 4) is 0 Å². The Hall–Kier alpha value is -2.73. The molecule has 1 aromatic rings. The summed E-state index contributed by atoms with van der Waals surface area (Å²) in [6, 6.07) is 0. The third kappa shape index (κ3) is 9.30. The fraction of sp³-hybridized carbons (Fsp3) is 0.737. The molecular formula is C19H34N6O6. The molecule has 1 aromatic heterocycles. The highest BCUT2D eigenvalue weighted by molar-refractivity contribution is 5.92. The van der Waals surface area contributed by atoms with Gasteiger partial charge in [-0.25, -0.2) is 9.36 Å². The van der Waals surface area contributed by atoms with Crippen molar-refractivity contribution >= 4 is 17.8 Å². The van der Waals surface area contributed by atoms with Gasteiger partial charge in [0.2, 0.25) is 0 Å². The maximum Gasteiger partial charge on any atom is 0.434 e. The van der Waals surface area contributed by atoms with Crippen molar-refractivity contribution in [2.75, 3.05) is 6.54 Å². The topological polar surface area (TPSA) is 153 Å². The van der Waals surface area contributed by atoms with Gasteiger partial charge in [0.1, 0.15) is 30.6 Å². The van der Waals surface area contributed by atoms with Crippen LogP contribution in [0.2, 0.25) is 0 Å². The first-order chi connectivity index (χ1) is 14.4. The molecule has 0 aliphatic rings. The van der Waals surface area contributed by atoms with Crippen LogP contribution in [0.5, 0.6) is 0 Å². The highest BCUT2D eigenvalue weighted by Crippen LogP contribution is 2.14. The van der Waals surface area contributed by atoms with Gasteiger partial charge < -0.3 is 25.4 Å². The van der Waals surface area contributed by atoms with Crippen LogP contribution in [0.15, 0.2) is 17.5 Å². The van der Waals surface area contributed by atoms with E-state index in [-0.39, 0.29) is 19.0 Å². The summed E-state index contributed by atoms with van der Waals surface area (Å²) in [5, 5.41) is 26.5. The molecule has 1 amide bonds. The summed E-state index contributed by atoms with van der Waals surface area (Å²) >= 11 is 0. The molecule has 12 nitrogen and oxygen atoms in total. The smallest absolute Gasteiger partial charge is 0.434 e. The molecular weight excluding hydrogens is 408 g/mol. The second-order valence-corrected chi connectivity index (χ2v) is 8.64. The van der Waals surface area contributed by atoms with Crippen molar-refractivity contribution in [2.45, 2.75) is 84.6 Å². The number of unbranched alkanes of at least 4 members (excludes halogenated alkanes) is 1. The van der Waals surface area contributed by atoms with Gasteiger partial charge in [0.25, 0.3) is 0 Å². The summed E-state index contributed by atoms with van der Waals surface area (Å²) in [7, 11) is 0. The molecule has 176 valence electrons. The first-order valence-corrected chi connectivity index (χ1v) is 10.2. The molecule has 3 N–H and O–H groups in total. The summed E-state index contributed by atoms with van der Waals surface area (Å²) in [5.74, 6) is -0.342. The van der Waals surface area contributed by atoms with Crippen LogP contribution in [0.1, 0.15) is 60.8 Å². The summed E-state index contributed by atoms with van der Waals surface area (Å²) in [4.78, 5) is 32.1. The van der Waals surface area contributed by atoms with Crippen LogP contribution in [0.3, 0.4) is 0 Å². The van der Waals surface area contributed by atoms with Gasteiger partial charge in [-0.15, -0.1) is 0 Å². The third-order valence-electron chi connectivity index (χ3n) is 4.22. The second-order valence-electron chi connectivity index (χ2n) is 8.64. The Bertz CT molecular complexity index is 755. The van der Waals surface area contributed by atoms with Crippen LogP contribution >= 0.6 is 0 Å². The van der Waals surface area contributed by atoms with Crippen LogP contribution in [0.4, 0.5) is 10.7 Å². The van der Waals surface area contributed by atoms with E-state index in [1.165, 1.54) is 17.0 Å². The number of carbonyl (C=O) groups excluding carboxylic acids is 1. The van der Waals surface area contributed by atoms with Gasteiger partial charge in [0.15, 0.2) is 0 Å². The third-order valence-corrected chi connectivity index (χ3v) is 4.22. The van der Waals surface area contributed by atoms with Crippen LogP contribution in [-0.2, 0) is 16.1 Å². The predicted octanol–water partition coefficient (Wildman–Crippen LogP) is 3.00. The van der Waals surface area contributed by atoms with Gasteiger partial charge in [-0.3, -0.25) is 4.84 Å². The first kappa shape index (κ1) is 26.3. The molecule has 1 rings (SSSR count). The quantitative estimate of drug-likeness (QED) is 0.193. The van der Waals surface area contributed by atoms with Crippen LogP contribution < -0.4 is 10.8 Å². The van der Waals surface area contributed by atoms with Crippen molar-refractivity contribution in [2.24, 2.45) is 5.16 Å². The standard InChI is InChI=1S/C19H34N6O6/c1-7-8-9-15(22-27)19(5,6)23-31-14(12-21-17(26)30-18(2,3)4)13-24-11-10-20-16(24)25(28)29/h10-11,14,23,27H,7-9,12-13H2,1-6H3,(H,21,26)/b22-15+. The van der Waals surface area contributed by atoms with Gasteiger partial charge in [0, 0.05) is 0 Å². The number of aromatic nitrogens is 2. The Morgan fingerprint density at radius 1 is 1.39 bits per heavy atom.